The molecule has 9 heteroatoms. The number of nitrogens with one attached hydrogen (secondary N) is 1. The van der Waals surface area contributed by atoms with Gasteiger partial charge in [-0.05, 0) is 37.9 Å². The van der Waals surface area contributed by atoms with Crippen LogP contribution in [0.3, 0.4) is 0 Å². The Labute approximate surface area is 164 Å². The smallest absolute Gasteiger partial charge is 0.490 e. The molecule has 1 heterocycles. The Kier molecular flexibility index (Phi) is 2.79. The highest BCUT2D eigenvalue weighted by Gasteiger charge is 2.38. The first-order valence-electron chi connectivity index (χ1n) is 13.5. The minimum absolute atomic E-state index is 0.769. The number of halogens is 3. The third-order valence-electron chi connectivity index (χ3n) is 2.41. The molecular formula is C16H20F3NO5. The van der Waals surface area contributed by atoms with E-state index in [-0.39, 0.29) is 0 Å². The average Bonchev–Trinajstić information content (AvgIpc) is 2.69. The fourth-order valence-corrected chi connectivity index (χ4v) is 1.38. The third-order valence-corrected chi connectivity index (χ3v) is 2.41. The molecule has 0 atom stereocenters. The molecule has 0 amide bonds. The van der Waals surface area contributed by atoms with Crippen molar-refractivity contribution in [3.05, 3.63) is 23.8 Å². The molecule has 0 aliphatic carbocycles. The summed E-state index contributed by atoms with van der Waals surface area (Å²) in [5.41, 5.74) is -1.02. The number of piperidine rings is 1. The fourth-order valence-electron chi connectivity index (χ4n) is 1.38. The number of hydrogen-bond donors (Lipinski definition) is 2. The minimum atomic E-state index is -5.08. The Morgan fingerprint density at radius 3 is 2.44 bits per heavy atom. The summed E-state index contributed by atoms with van der Waals surface area (Å²) < 4.78 is 157. The van der Waals surface area contributed by atoms with Crippen molar-refractivity contribution in [1.82, 2.24) is 5.32 Å². The number of benzene rings is 1. The van der Waals surface area contributed by atoms with E-state index >= 15 is 0 Å². The number of alkyl halides is 3. The van der Waals surface area contributed by atoms with E-state index in [1.807, 2.05) is 0 Å². The van der Waals surface area contributed by atoms with Gasteiger partial charge in [0.1, 0.15) is 0 Å². The van der Waals surface area contributed by atoms with Gasteiger partial charge >= 0.3 is 12.1 Å². The Hall–Kier alpha value is -2.29. The second-order valence-corrected chi connectivity index (χ2v) is 3.97. The summed E-state index contributed by atoms with van der Waals surface area (Å²) in [5, 5.41) is 8.62. The largest absolute Gasteiger partial charge is 0.493 e. The van der Waals surface area contributed by atoms with Crippen LogP contribution in [0.1, 0.15) is 43.7 Å². The Balaban J connectivity index is 0.00000101. The van der Waals surface area contributed by atoms with Crippen molar-refractivity contribution in [2.75, 3.05) is 27.1 Å². The van der Waals surface area contributed by atoms with Crippen LogP contribution in [0.2, 0.25) is 0 Å². The average molecular weight is 378 g/mol. The van der Waals surface area contributed by atoms with Gasteiger partial charge in [0, 0.05) is 18.2 Å². The number of rotatable bonds is 4. The standard InChI is InChI=1S/C14H19NO3.C2HF3O2/c1-17-12-5-3-4-11(14(12)18-2)13(16)10-6-8-15-9-7-10;3-2(4,5)1(6)7/h3-5,10,15H,6-9H2,1-2H3;(H,6,7)/i1D3,2D3,6D2,7D2,8D2,9D2,10D;. The summed E-state index contributed by atoms with van der Waals surface area (Å²) in [6, 6.07) is 2.62. The zero-order chi connectivity index (χ0) is 32.1. The maximum Gasteiger partial charge on any atom is 0.490 e. The van der Waals surface area contributed by atoms with Gasteiger partial charge in [-0.25, -0.2) is 4.79 Å². The first-order chi connectivity index (χ1) is 17.4. The summed E-state index contributed by atoms with van der Waals surface area (Å²) in [5.74, 6) is -10.4. The van der Waals surface area contributed by atoms with Crippen LogP contribution in [0.4, 0.5) is 13.2 Å². The molecule has 6 nitrogen and oxygen atoms in total. The van der Waals surface area contributed by atoms with Crippen LogP contribution in [0.25, 0.3) is 0 Å². The van der Waals surface area contributed by atoms with Crippen molar-refractivity contribution in [3.63, 3.8) is 0 Å². The van der Waals surface area contributed by atoms with Gasteiger partial charge in [-0.2, -0.15) is 13.2 Å². The van der Waals surface area contributed by atoms with Gasteiger partial charge in [0.15, 0.2) is 17.3 Å². The number of para-hydroxylation sites is 1. The van der Waals surface area contributed by atoms with E-state index in [0.29, 0.717) is 0 Å². The highest BCUT2D eigenvalue weighted by Crippen LogP contribution is 2.33. The minimum Gasteiger partial charge on any atom is -0.493 e. The van der Waals surface area contributed by atoms with Crippen molar-refractivity contribution in [2.24, 2.45) is 5.89 Å². The SMILES string of the molecule is O=C(O)C(F)(F)F.[2H]C([2H])([2H])Oc1cccc(C(=O)C2([2H])C([2H])([2H])C([2H])([2H])NC([2H])([2H])C2([2H])[2H])c1OC([2H])([2H])[2H]. The van der Waals surface area contributed by atoms with Crippen molar-refractivity contribution >= 4 is 11.8 Å². The lowest BCUT2D eigenvalue weighted by molar-refractivity contribution is -0.192. The first kappa shape index (κ1) is 7.53. The van der Waals surface area contributed by atoms with E-state index in [9.17, 15) is 18.0 Å². The zero-order valence-electron chi connectivity index (χ0n) is 26.9. The van der Waals surface area contributed by atoms with Gasteiger partial charge in [0.05, 0.1) is 27.9 Å². The van der Waals surface area contributed by atoms with Crippen LogP contribution in [-0.4, -0.2) is 50.1 Å². The number of methoxy groups -OCH3 is 2. The Morgan fingerprint density at radius 1 is 1.32 bits per heavy atom. The van der Waals surface area contributed by atoms with Crippen LogP contribution < -0.4 is 14.8 Å². The third kappa shape index (κ3) is 5.93. The number of carbonyl (C=O) groups excluding carboxylic acids is 1. The number of hydrogen-bond acceptors (Lipinski definition) is 5. The highest BCUT2D eigenvalue weighted by atomic mass is 19.4. The normalized spacial score (nSPS) is 34.1. The molecule has 1 aromatic carbocycles. The van der Waals surface area contributed by atoms with E-state index in [1.54, 1.807) is 0 Å². The molecule has 0 bridgehead atoms. The molecule has 1 aromatic rings. The summed E-state index contributed by atoms with van der Waals surface area (Å²) in [6.45, 7) is -6.89. The highest BCUT2D eigenvalue weighted by molar-refractivity contribution is 6.01. The maximum atomic E-state index is 13.5. The van der Waals surface area contributed by atoms with Crippen molar-refractivity contribution in [2.45, 2.75) is 18.9 Å². The molecule has 0 radical (unpaired) electrons. The first-order valence-corrected chi connectivity index (χ1v) is 6.01. The number of Topliss-reactive ketones (excluding diaryl/α,β-unsaturated/α-hetero) is 1. The van der Waals surface area contributed by atoms with Crippen molar-refractivity contribution < 1.29 is 57.9 Å². The molecule has 1 aliphatic rings. The zero-order valence-corrected chi connectivity index (χ0v) is 11.9. The van der Waals surface area contributed by atoms with Crippen LogP contribution in [0, 0.1) is 5.89 Å². The van der Waals surface area contributed by atoms with Gasteiger partial charge in [0.2, 0.25) is 0 Å². The van der Waals surface area contributed by atoms with E-state index < -0.39 is 80.7 Å². The summed E-state index contributed by atoms with van der Waals surface area (Å²) in [6.07, 6.45) is -12.5. The number of ketones is 1. The lowest BCUT2D eigenvalue weighted by Crippen LogP contribution is -2.32. The molecule has 1 fully saturated rings. The molecule has 2 N–H and O–H groups in total. The van der Waals surface area contributed by atoms with Crippen LogP contribution in [0.15, 0.2) is 18.2 Å². The quantitative estimate of drug-likeness (QED) is 0.783. The fraction of sp³-hybridized carbons (Fsp3) is 0.500. The molecule has 0 unspecified atom stereocenters. The summed E-state index contributed by atoms with van der Waals surface area (Å²) >= 11 is 0. The number of carbonyl (C=O) groups is 2. The molecule has 0 saturated carbocycles. The monoisotopic (exact) mass is 378 g/mol. The molecule has 1 aliphatic heterocycles. The van der Waals surface area contributed by atoms with Gasteiger partial charge in [-0.1, -0.05) is 6.07 Å². The van der Waals surface area contributed by atoms with Gasteiger partial charge in [-0.3, -0.25) is 4.79 Å². The van der Waals surface area contributed by atoms with E-state index in [1.165, 1.54) is 5.32 Å². The Morgan fingerprint density at radius 2 is 1.92 bits per heavy atom. The molecule has 0 spiro atoms. The lowest BCUT2D eigenvalue weighted by atomic mass is 9.89. The van der Waals surface area contributed by atoms with Gasteiger partial charge < -0.3 is 19.9 Å². The number of aliphatic carboxylic acids is 1. The topological polar surface area (TPSA) is 84.9 Å². The predicted molar refractivity (Wildman–Crippen MR) is 83.2 cm³/mol. The van der Waals surface area contributed by atoms with Gasteiger partial charge in [0.25, 0.3) is 0 Å². The molecular weight excluding hydrogens is 343 g/mol. The van der Waals surface area contributed by atoms with Crippen LogP contribution in [0.5, 0.6) is 11.5 Å². The van der Waals surface area contributed by atoms with Crippen LogP contribution in [-0.2, 0) is 4.79 Å². The molecule has 0 aromatic heterocycles. The number of ether oxygens (including phenoxy) is 2. The number of carboxylic acids is 1. The maximum absolute atomic E-state index is 13.5. The lowest BCUT2D eigenvalue weighted by Gasteiger charge is -2.22. The molecule has 2 rings (SSSR count). The molecule has 1 saturated heterocycles. The van der Waals surface area contributed by atoms with E-state index in [2.05, 4.69) is 9.47 Å². The van der Waals surface area contributed by atoms with Crippen molar-refractivity contribution in [1.29, 1.82) is 0 Å². The van der Waals surface area contributed by atoms with E-state index in [0.717, 1.165) is 18.2 Å². The second-order valence-electron chi connectivity index (χ2n) is 3.97. The summed E-state index contributed by atoms with van der Waals surface area (Å²) in [7, 11) is -6.48. The number of carboxylic acid groups (broad SMARTS) is 1. The molecule has 140 valence electrons. The van der Waals surface area contributed by atoms with Gasteiger partial charge in [-0.15, -0.1) is 0 Å². The van der Waals surface area contributed by atoms with Crippen LogP contribution >= 0.6 is 0 Å². The predicted octanol–water partition coefficient (Wildman–Crippen LogP) is 2.52. The second kappa shape index (κ2) is 9.26. The molecule has 25 heavy (non-hydrogen) atoms. The van der Waals surface area contributed by atoms with Crippen molar-refractivity contribution in [3.8, 4) is 11.5 Å². The Bertz CT molecular complexity index is 1110. The summed E-state index contributed by atoms with van der Waals surface area (Å²) in [4.78, 5) is 22.4. The van der Waals surface area contributed by atoms with E-state index in [4.69, 9.17) is 30.5 Å².